The van der Waals surface area contributed by atoms with E-state index in [-0.39, 0.29) is 22.9 Å². The van der Waals surface area contributed by atoms with E-state index in [1.807, 2.05) is 0 Å². The second-order valence-electron chi connectivity index (χ2n) is 5.47. The third-order valence-electron chi connectivity index (χ3n) is 4.08. The van der Waals surface area contributed by atoms with Gasteiger partial charge in [-0.3, -0.25) is 10.1 Å². The molecule has 132 valence electrons. The Morgan fingerprint density at radius 1 is 1.35 bits per heavy atom. The van der Waals surface area contributed by atoms with Crippen LogP contribution in [0, 0.1) is 21.4 Å². The Bertz CT molecular complexity index is 921. The fraction of sp³-hybridized carbons (Fsp3) is 0.167. The fourth-order valence-electron chi connectivity index (χ4n) is 2.88. The lowest BCUT2D eigenvalue weighted by atomic mass is 9.86. The molecule has 2 aromatic rings. The summed E-state index contributed by atoms with van der Waals surface area (Å²) in [6, 6.07) is 12.4. The Labute approximate surface area is 149 Å². The molecule has 0 spiro atoms. The van der Waals surface area contributed by atoms with Gasteiger partial charge in [0.15, 0.2) is 5.76 Å². The third-order valence-corrected chi connectivity index (χ3v) is 4.08. The van der Waals surface area contributed by atoms with Crippen LogP contribution in [-0.2, 0) is 4.74 Å². The number of aromatic nitrogens is 1. The van der Waals surface area contributed by atoms with Gasteiger partial charge in [-0.15, -0.1) is 0 Å². The monoisotopic (exact) mass is 352 g/mol. The molecule has 3 rings (SSSR count). The molecule has 0 saturated carbocycles. The van der Waals surface area contributed by atoms with E-state index in [1.165, 1.54) is 14.2 Å². The molecule has 8 nitrogen and oxygen atoms in total. The largest absolute Gasteiger partial charge is 0.497 e. The zero-order chi connectivity index (χ0) is 18.7. The van der Waals surface area contributed by atoms with Crippen LogP contribution < -0.4 is 10.1 Å². The van der Waals surface area contributed by atoms with E-state index >= 15 is 0 Å². The van der Waals surface area contributed by atoms with Crippen LogP contribution in [-0.4, -0.2) is 24.1 Å². The van der Waals surface area contributed by atoms with E-state index in [4.69, 9.17) is 9.47 Å². The summed E-state index contributed by atoms with van der Waals surface area (Å²) in [6.07, 6.45) is 1.69. The molecule has 8 heteroatoms. The first kappa shape index (κ1) is 17.1. The van der Waals surface area contributed by atoms with Gasteiger partial charge in [0.1, 0.15) is 11.7 Å². The SMILES string of the molecule is CNC1=C([N+](=O)[O-])C(c2ccc(OC)cc2)C(C#N)=C(c2ccc[nH]2)O1. The summed E-state index contributed by atoms with van der Waals surface area (Å²) in [5.41, 5.74) is 1.09. The lowest BCUT2D eigenvalue weighted by Crippen LogP contribution is -2.26. The Balaban J connectivity index is 2.23. The molecule has 1 aliphatic rings. The molecule has 1 aromatic carbocycles. The molecule has 0 bridgehead atoms. The Morgan fingerprint density at radius 2 is 2.08 bits per heavy atom. The number of aromatic amines is 1. The van der Waals surface area contributed by atoms with Gasteiger partial charge in [0.25, 0.3) is 5.88 Å². The standard InChI is InChI=1S/C18H16N4O4/c1-20-18-16(22(23)24)15(11-5-7-12(25-2)8-6-11)13(10-19)17(26-18)14-4-3-9-21-14/h3-9,15,20-21H,1-2H3. The van der Waals surface area contributed by atoms with Crippen molar-refractivity contribution in [3.8, 4) is 11.8 Å². The predicted octanol–water partition coefficient (Wildman–Crippen LogP) is 2.74. The summed E-state index contributed by atoms with van der Waals surface area (Å²) >= 11 is 0. The number of H-pyrrole nitrogens is 1. The first-order valence-corrected chi connectivity index (χ1v) is 7.76. The zero-order valence-electron chi connectivity index (χ0n) is 14.1. The van der Waals surface area contributed by atoms with Gasteiger partial charge in [0.05, 0.1) is 29.4 Å². The van der Waals surface area contributed by atoms with Crippen molar-refractivity contribution >= 4 is 5.76 Å². The zero-order valence-corrected chi connectivity index (χ0v) is 14.1. The van der Waals surface area contributed by atoms with Crippen LogP contribution >= 0.6 is 0 Å². The molecule has 0 aliphatic carbocycles. The van der Waals surface area contributed by atoms with E-state index in [1.54, 1.807) is 42.6 Å². The van der Waals surface area contributed by atoms with E-state index in [2.05, 4.69) is 16.4 Å². The number of benzene rings is 1. The van der Waals surface area contributed by atoms with E-state index in [0.29, 0.717) is 17.0 Å². The topological polar surface area (TPSA) is 113 Å². The molecule has 2 N–H and O–H groups in total. The number of nitrogens with zero attached hydrogens (tertiary/aromatic N) is 2. The van der Waals surface area contributed by atoms with Crippen LogP contribution in [0.5, 0.6) is 5.75 Å². The summed E-state index contributed by atoms with van der Waals surface area (Å²) < 4.78 is 10.8. The maximum Gasteiger partial charge on any atom is 0.318 e. The number of nitriles is 1. The number of methoxy groups -OCH3 is 1. The van der Waals surface area contributed by atoms with Crippen molar-refractivity contribution in [2.45, 2.75) is 5.92 Å². The summed E-state index contributed by atoms with van der Waals surface area (Å²) in [4.78, 5) is 14.2. The second kappa shape index (κ2) is 7.03. The Hall–Kier alpha value is -3.73. The highest BCUT2D eigenvalue weighted by molar-refractivity contribution is 5.70. The molecule has 0 radical (unpaired) electrons. The molecule has 26 heavy (non-hydrogen) atoms. The van der Waals surface area contributed by atoms with Gasteiger partial charge in [0.2, 0.25) is 0 Å². The maximum atomic E-state index is 11.7. The number of hydrogen-bond donors (Lipinski definition) is 2. The van der Waals surface area contributed by atoms with E-state index in [9.17, 15) is 15.4 Å². The van der Waals surface area contributed by atoms with Crippen LogP contribution in [0.2, 0.25) is 0 Å². The van der Waals surface area contributed by atoms with Crippen molar-refractivity contribution < 1.29 is 14.4 Å². The Morgan fingerprint density at radius 3 is 2.58 bits per heavy atom. The first-order valence-electron chi connectivity index (χ1n) is 7.76. The smallest absolute Gasteiger partial charge is 0.318 e. The van der Waals surface area contributed by atoms with Crippen LogP contribution in [0.25, 0.3) is 5.76 Å². The third kappa shape index (κ3) is 2.86. The van der Waals surface area contributed by atoms with Gasteiger partial charge in [-0.05, 0) is 29.8 Å². The van der Waals surface area contributed by atoms with Gasteiger partial charge in [-0.25, -0.2) is 0 Å². The number of nitrogens with one attached hydrogen (secondary N) is 2. The van der Waals surface area contributed by atoms with Gasteiger partial charge < -0.3 is 19.8 Å². The van der Waals surface area contributed by atoms with Crippen molar-refractivity contribution in [1.82, 2.24) is 10.3 Å². The van der Waals surface area contributed by atoms with Gasteiger partial charge in [-0.1, -0.05) is 12.1 Å². The fourth-order valence-corrected chi connectivity index (χ4v) is 2.88. The minimum Gasteiger partial charge on any atom is -0.497 e. The predicted molar refractivity (Wildman–Crippen MR) is 93.2 cm³/mol. The van der Waals surface area contributed by atoms with Crippen molar-refractivity contribution in [3.63, 3.8) is 0 Å². The van der Waals surface area contributed by atoms with Crippen molar-refractivity contribution in [2.24, 2.45) is 0 Å². The average molecular weight is 352 g/mol. The van der Waals surface area contributed by atoms with Crippen LogP contribution in [0.1, 0.15) is 17.2 Å². The van der Waals surface area contributed by atoms with Crippen molar-refractivity contribution in [3.05, 3.63) is 81.1 Å². The van der Waals surface area contributed by atoms with Crippen molar-refractivity contribution in [1.29, 1.82) is 5.26 Å². The summed E-state index contributed by atoms with van der Waals surface area (Å²) in [5.74, 6) is -0.00328. The van der Waals surface area contributed by atoms with Gasteiger partial charge in [-0.2, -0.15) is 5.26 Å². The van der Waals surface area contributed by atoms with E-state index < -0.39 is 10.8 Å². The number of hydrogen-bond acceptors (Lipinski definition) is 6. The number of nitro groups is 1. The minimum absolute atomic E-state index is 0.000539. The van der Waals surface area contributed by atoms with Gasteiger partial charge in [0, 0.05) is 13.2 Å². The molecule has 2 heterocycles. The number of ether oxygens (including phenoxy) is 2. The quantitative estimate of drug-likeness (QED) is 0.632. The normalized spacial score (nSPS) is 16.7. The molecular weight excluding hydrogens is 336 g/mol. The molecule has 1 unspecified atom stereocenters. The van der Waals surface area contributed by atoms with E-state index in [0.717, 1.165) is 0 Å². The van der Waals surface area contributed by atoms with Crippen LogP contribution in [0.15, 0.2) is 59.7 Å². The summed E-state index contributed by atoms with van der Waals surface area (Å²) in [6.45, 7) is 0. The molecule has 1 aromatic heterocycles. The second-order valence-corrected chi connectivity index (χ2v) is 5.47. The Kier molecular flexibility index (Phi) is 4.62. The summed E-state index contributed by atoms with van der Waals surface area (Å²) in [5, 5.41) is 24.2. The minimum atomic E-state index is -0.879. The molecule has 0 amide bonds. The number of allylic oxidation sites excluding steroid dienone is 1. The average Bonchev–Trinajstić information content (AvgIpc) is 3.20. The highest BCUT2D eigenvalue weighted by Crippen LogP contribution is 2.42. The number of rotatable bonds is 5. The van der Waals surface area contributed by atoms with Crippen LogP contribution in [0.3, 0.4) is 0 Å². The highest BCUT2D eigenvalue weighted by atomic mass is 16.6. The first-order chi connectivity index (χ1) is 12.6. The van der Waals surface area contributed by atoms with Crippen molar-refractivity contribution in [2.75, 3.05) is 14.2 Å². The molecule has 0 saturated heterocycles. The van der Waals surface area contributed by atoms with Gasteiger partial charge >= 0.3 is 5.70 Å². The molecule has 1 atom stereocenters. The molecular formula is C18H16N4O4. The lowest BCUT2D eigenvalue weighted by Gasteiger charge is -2.25. The van der Waals surface area contributed by atoms with Crippen LogP contribution in [0.4, 0.5) is 0 Å². The molecule has 1 aliphatic heterocycles. The maximum absolute atomic E-state index is 11.7. The highest BCUT2D eigenvalue weighted by Gasteiger charge is 2.42. The molecule has 0 fully saturated rings. The lowest BCUT2D eigenvalue weighted by molar-refractivity contribution is -0.433. The summed E-state index contributed by atoms with van der Waals surface area (Å²) in [7, 11) is 3.07.